The first-order chi connectivity index (χ1) is 10.5. The number of carbonyl (C=O) groups is 1. The summed E-state index contributed by atoms with van der Waals surface area (Å²) in [7, 11) is 0. The summed E-state index contributed by atoms with van der Waals surface area (Å²) in [5.74, 6) is 0.593. The van der Waals surface area contributed by atoms with Crippen LogP contribution in [-0.2, 0) is 16.1 Å². The minimum atomic E-state index is -0.512. The van der Waals surface area contributed by atoms with Crippen LogP contribution in [0.4, 0.5) is 0 Å². The molecule has 0 radical (unpaired) electrons. The van der Waals surface area contributed by atoms with Crippen molar-refractivity contribution in [1.29, 1.82) is 5.26 Å². The number of nitriles is 1. The number of hydrogen-bond acceptors (Lipinski definition) is 3. The van der Waals surface area contributed by atoms with Crippen LogP contribution in [0, 0.1) is 37.0 Å². The van der Waals surface area contributed by atoms with Crippen LogP contribution in [-0.4, -0.2) is 17.1 Å². The third kappa shape index (κ3) is 3.59. The molecule has 1 aromatic rings. The summed E-state index contributed by atoms with van der Waals surface area (Å²) in [4.78, 5) is 12.0. The van der Waals surface area contributed by atoms with Crippen LogP contribution in [0.25, 0.3) is 6.08 Å². The lowest BCUT2D eigenvalue weighted by Crippen LogP contribution is -2.09. The molecule has 2 rings (SSSR count). The molecule has 22 heavy (non-hydrogen) atoms. The lowest BCUT2D eigenvalue weighted by atomic mass is 10.1. The van der Waals surface area contributed by atoms with E-state index in [1.165, 1.54) is 0 Å². The predicted molar refractivity (Wildman–Crippen MR) is 86.0 cm³/mol. The Kier molecular flexibility index (Phi) is 5.07. The summed E-state index contributed by atoms with van der Waals surface area (Å²) in [5.41, 5.74) is 3.21. The van der Waals surface area contributed by atoms with Gasteiger partial charge in [0.1, 0.15) is 11.6 Å². The Morgan fingerprint density at radius 1 is 1.55 bits per heavy atom. The Morgan fingerprint density at radius 3 is 2.77 bits per heavy atom. The highest BCUT2D eigenvalue weighted by molar-refractivity contribution is 5.98. The molecule has 4 heteroatoms. The van der Waals surface area contributed by atoms with Gasteiger partial charge in [-0.1, -0.05) is 13.8 Å². The van der Waals surface area contributed by atoms with E-state index in [4.69, 9.17) is 4.74 Å². The molecule has 0 aromatic carbocycles. The summed E-state index contributed by atoms with van der Waals surface area (Å²) in [5, 5.41) is 9.24. The molecule has 0 amide bonds. The molecular weight excluding hydrogens is 276 g/mol. The second kappa shape index (κ2) is 6.83. The van der Waals surface area contributed by atoms with Gasteiger partial charge in [0.05, 0.1) is 6.61 Å². The molecule has 0 aliphatic heterocycles. The summed E-state index contributed by atoms with van der Waals surface area (Å²) in [6, 6.07) is 3.98. The number of hydrogen-bond donors (Lipinski definition) is 0. The van der Waals surface area contributed by atoms with Crippen LogP contribution in [0.3, 0.4) is 0 Å². The van der Waals surface area contributed by atoms with Gasteiger partial charge in [0.25, 0.3) is 0 Å². The number of rotatable bonds is 6. The Balaban J connectivity index is 2.12. The number of nitrogens with zero attached hydrogens (tertiary/aromatic N) is 2. The molecule has 0 N–H and O–H groups in total. The van der Waals surface area contributed by atoms with Crippen molar-refractivity contribution in [3.05, 3.63) is 28.6 Å². The van der Waals surface area contributed by atoms with Crippen LogP contribution in [0.2, 0.25) is 0 Å². The minimum Gasteiger partial charge on any atom is -0.461 e. The Hall–Kier alpha value is -2.02. The standard InChI is InChI=1S/C18H24N2O2/c1-5-6-20-13(3)8-15(14(20)4)9-16(10-19)18(21)22-11-17-7-12(17)2/h8-9,12,17H,5-7,11H2,1-4H3/b16-9-. The lowest BCUT2D eigenvalue weighted by molar-refractivity contribution is -0.139. The maximum Gasteiger partial charge on any atom is 0.348 e. The van der Waals surface area contributed by atoms with Crippen molar-refractivity contribution in [1.82, 2.24) is 4.57 Å². The molecule has 1 saturated carbocycles. The van der Waals surface area contributed by atoms with Crippen LogP contribution in [0.15, 0.2) is 11.6 Å². The van der Waals surface area contributed by atoms with Crippen molar-refractivity contribution >= 4 is 12.0 Å². The average Bonchev–Trinajstić information content (AvgIpc) is 3.14. The molecule has 0 spiro atoms. The molecule has 0 saturated heterocycles. The summed E-state index contributed by atoms with van der Waals surface area (Å²) in [6.07, 6.45) is 3.80. The van der Waals surface area contributed by atoms with Crippen LogP contribution < -0.4 is 0 Å². The van der Waals surface area contributed by atoms with E-state index in [-0.39, 0.29) is 5.57 Å². The largest absolute Gasteiger partial charge is 0.461 e. The monoisotopic (exact) mass is 300 g/mol. The van der Waals surface area contributed by atoms with Crippen LogP contribution in [0.5, 0.6) is 0 Å². The number of esters is 1. The van der Waals surface area contributed by atoms with Gasteiger partial charge >= 0.3 is 5.97 Å². The summed E-state index contributed by atoms with van der Waals surface area (Å²) >= 11 is 0. The average molecular weight is 300 g/mol. The zero-order chi connectivity index (χ0) is 16.3. The highest BCUT2D eigenvalue weighted by Gasteiger charge is 2.33. The number of aromatic nitrogens is 1. The van der Waals surface area contributed by atoms with Gasteiger partial charge in [0.15, 0.2) is 0 Å². The third-order valence-electron chi connectivity index (χ3n) is 4.40. The topological polar surface area (TPSA) is 55.0 Å². The third-order valence-corrected chi connectivity index (χ3v) is 4.40. The quantitative estimate of drug-likeness (QED) is 0.458. The molecule has 1 aromatic heterocycles. The van der Waals surface area contributed by atoms with Gasteiger partial charge < -0.3 is 9.30 Å². The molecule has 0 bridgehead atoms. The van der Waals surface area contributed by atoms with E-state index in [1.54, 1.807) is 6.08 Å². The minimum absolute atomic E-state index is 0.0741. The normalized spacial score (nSPS) is 20.6. The fraction of sp³-hybridized carbons (Fsp3) is 0.556. The van der Waals surface area contributed by atoms with E-state index in [2.05, 4.69) is 18.4 Å². The van der Waals surface area contributed by atoms with Gasteiger partial charge in [-0.2, -0.15) is 5.26 Å². The van der Waals surface area contributed by atoms with E-state index >= 15 is 0 Å². The summed E-state index contributed by atoms with van der Waals surface area (Å²) < 4.78 is 7.46. The predicted octanol–water partition coefficient (Wildman–Crippen LogP) is 3.62. The number of ether oxygens (including phenoxy) is 1. The van der Waals surface area contributed by atoms with Crippen molar-refractivity contribution in [2.45, 2.75) is 47.1 Å². The second-order valence-electron chi connectivity index (χ2n) is 6.22. The van der Waals surface area contributed by atoms with E-state index in [0.717, 1.165) is 36.3 Å². The molecular formula is C18H24N2O2. The van der Waals surface area contributed by atoms with Crippen molar-refractivity contribution < 1.29 is 9.53 Å². The van der Waals surface area contributed by atoms with Crippen molar-refractivity contribution in [3.8, 4) is 6.07 Å². The first kappa shape index (κ1) is 16.4. The van der Waals surface area contributed by atoms with Crippen LogP contribution >= 0.6 is 0 Å². The first-order valence-electron chi connectivity index (χ1n) is 7.93. The van der Waals surface area contributed by atoms with Gasteiger partial charge in [-0.05, 0) is 56.2 Å². The molecule has 1 aliphatic rings. The van der Waals surface area contributed by atoms with Crippen molar-refractivity contribution in [2.24, 2.45) is 11.8 Å². The van der Waals surface area contributed by atoms with Crippen molar-refractivity contribution in [2.75, 3.05) is 6.61 Å². The number of carbonyl (C=O) groups excluding carboxylic acids is 1. The molecule has 2 atom stereocenters. The van der Waals surface area contributed by atoms with Gasteiger partial charge in [0.2, 0.25) is 0 Å². The molecule has 1 heterocycles. The Bertz CT molecular complexity index is 634. The number of aryl methyl sites for hydroxylation is 1. The SMILES string of the molecule is CCCn1c(C)cc(/C=C(/C#N)C(=O)OCC2CC2C)c1C. The van der Waals surface area contributed by atoms with Crippen LogP contribution in [0.1, 0.15) is 43.6 Å². The zero-order valence-electron chi connectivity index (χ0n) is 13.8. The van der Waals surface area contributed by atoms with E-state index < -0.39 is 5.97 Å². The lowest BCUT2D eigenvalue weighted by Gasteiger charge is -2.07. The van der Waals surface area contributed by atoms with E-state index in [1.807, 2.05) is 26.0 Å². The van der Waals surface area contributed by atoms with E-state index in [9.17, 15) is 10.1 Å². The molecule has 2 unspecified atom stereocenters. The summed E-state index contributed by atoms with van der Waals surface area (Å²) in [6.45, 7) is 9.69. The molecule has 1 fully saturated rings. The van der Waals surface area contributed by atoms with Gasteiger partial charge in [-0.15, -0.1) is 0 Å². The fourth-order valence-electron chi connectivity index (χ4n) is 2.73. The fourth-order valence-corrected chi connectivity index (χ4v) is 2.73. The van der Waals surface area contributed by atoms with Crippen molar-refractivity contribution in [3.63, 3.8) is 0 Å². The Morgan fingerprint density at radius 2 is 2.23 bits per heavy atom. The van der Waals surface area contributed by atoms with Gasteiger partial charge in [-0.3, -0.25) is 0 Å². The van der Waals surface area contributed by atoms with E-state index in [0.29, 0.717) is 18.4 Å². The molecule has 4 nitrogen and oxygen atoms in total. The second-order valence-corrected chi connectivity index (χ2v) is 6.22. The smallest absolute Gasteiger partial charge is 0.348 e. The molecule has 1 aliphatic carbocycles. The van der Waals surface area contributed by atoms with Gasteiger partial charge in [-0.25, -0.2) is 4.79 Å². The van der Waals surface area contributed by atoms with Gasteiger partial charge in [0, 0.05) is 17.9 Å². The first-order valence-corrected chi connectivity index (χ1v) is 7.93. The maximum atomic E-state index is 12.0. The zero-order valence-corrected chi connectivity index (χ0v) is 13.8. The highest BCUT2D eigenvalue weighted by Crippen LogP contribution is 2.37. The molecule has 118 valence electrons. The Labute approximate surface area is 132 Å². The highest BCUT2D eigenvalue weighted by atomic mass is 16.5. The maximum absolute atomic E-state index is 12.0.